The van der Waals surface area contributed by atoms with E-state index >= 15 is 0 Å². The van der Waals surface area contributed by atoms with Gasteiger partial charge in [0.15, 0.2) is 11.5 Å². The highest BCUT2D eigenvalue weighted by atomic mass is 79.9. The maximum Gasteiger partial charge on any atom is 0.302 e. The van der Waals surface area contributed by atoms with Gasteiger partial charge in [-0.1, -0.05) is 0 Å². The zero-order valence-corrected chi connectivity index (χ0v) is 12.3. The number of nitrogens with two attached hydrogens (primary N) is 1. The van der Waals surface area contributed by atoms with Gasteiger partial charge in [0.05, 0.1) is 13.3 Å². The summed E-state index contributed by atoms with van der Waals surface area (Å²) in [6, 6.07) is 3.48. The van der Waals surface area contributed by atoms with E-state index in [4.69, 9.17) is 20.1 Å². The minimum Gasteiger partial charge on any atom is -0.493 e. The lowest BCUT2D eigenvalue weighted by Gasteiger charge is -2.12. The molecule has 7 heteroatoms. The van der Waals surface area contributed by atoms with E-state index in [0.29, 0.717) is 11.5 Å². The first-order valence-corrected chi connectivity index (χ1v) is 6.24. The molecule has 0 fully saturated rings. The van der Waals surface area contributed by atoms with Gasteiger partial charge >= 0.3 is 5.97 Å². The maximum absolute atomic E-state index is 10.6. The molecule has 6 nitrogen and oxygen atoms in total. The number of esters is 1. The van der Waals surface area contributed by atoms with Crippen molar-refractivity contribution in [1.82, 2.24) is 0 Å². The SMILES string of the molecule is COc1cc(C=NN)c(Br)cc1OCCOC(C)=O. The van der Waals surface area contributed by atoms with Gasteiger partial charge in [-0.3, -0.25) is 4.79 Å². The molecule has 0 atom stereocenters. The Morgan fingerprint density at radius 3 is 2.74 bits per heavy atom. The molecule has 0 saturated heterocycles. The number of nitrogens with zero attached hydrogens (tertiary/aromatic N) is 1. The maximum atomic E-state index is 10.6. The highest BCUT2D eigenvalue weighted by molar-refractivity contribution is 9.10. The number of hydrogen-bond acceptors (Lipinski definition) is 6. The molecule has 104 valence electrons. The van der Waals surface area contributed by atoms with E-state index in [1.165, 1.54) is 20.2 Å². The van der Waals surface area contributed by atoms with Crippen LogP contribution in [0.25, 0.3) is 0 Å². The van der Waals surface area contributed by atoms with E-state index < -0.39 is 0 Å². The number of methoxy groups -OCH3 is 1. The molecule has 0 aliphatic carbocycles. The average Bonchev–Trinajstić information content (AvgIpc) is 2.37. The molecule has 1 aromatic carbocycles. The van der Waals surface area contributed by atoms with E-state index in [9.17, 15) is 4.79 Å². The smallest absolute Gasteiger partial charge is 0.302 e. The molecular weight excluding hydrogens is 316 g/mol. The fourth-order valence-corrected chi connectivity index (χ4v) is 1.76. The molecule has 0 bridgehead atoms. The topological polar surface area (TPSA) is 83.1 Å². The van der Waals surface area contributed by atoms with Crippen LogP contribution in [0.4, 0.5) is 0 Å². The van der Waals surface area contributed by atoms with E-state index in [1.807, 2.05) is 0 Å². The molecule has 0 aromatic heterocycles. The summed E-state index contributed by atoms with van der Waals surface area (Å²) in [5.74, 6) is 5.85. The van der Waals surface area contributed by atoms with Crippen molar-refractivity contribution in [3.05, 3.63) is 22.2 Å². The van der Waals surface area contributed by atoms with Crippen LogP contribution >= 0.6 is 15.9 Å². The standard InChI is InChI=1S/C12H15BrN2O4/c1-8(16)18-3-4-19-12-6-10(13)9(7-15-14)5-11(12)17-2/h5-7H,3-4,14H2,1-2H3. The lowest BCUT2D eigenvalue weighted by Crippen LogP contribution is -2.10. The normalized spacial score (nSPS) is 10.5. The second kappa shape index (κ2) is 7.63. The fourth-order valence-electron chi connectivity index (χ4n) is 1.34. The first-order valence-electron chi connectivity index (χ1n) is 5.45. The molecule has 1 rings (SSSR count). The first kappa shape index (κ1) is 15.3. The number of ether oxygens (including phenoxy) is 3. The highest BCUT2D eigenvalue weighted by Crippen LogP contribution is 2.32. The zero-order chi connectivity index (χ0) is 14.3. The molecule has 0 unspecified atom stereocenters. The number of rotatable bonds is 6. The minimum atomic E-state index is -0.341. The van der Waals surface area contributed by atoms with Gasteiger partial charge < -0.3 is 20.1 Å². The molecule has 0 aliphatic heterocycles. The summed E-state index contributed by atoms with van der Waals surface area (Å²) in [7, 11) is 1.53. The Morgan fingerprint density at radius 1 is 1.42 bits per heavy atom. The Kier molecular flexibility index (Phi) is 6.14. The summed E-state index contributed by atoms with van der Waals surface area (Å²) in [5, 5.41) is 3.46. The van der Waals surface area contributed by atoms with E-state index in [0.717, 1.165) is 10.0 Å². The van der Waals surface area contributed by atoms with Crippen LogP contribution in [-0.2, 0) is 9.53 Å². The van der Waals surface area contributed by atoms with Crippen LogP contribution in [0.2, 0.25) is 0 Å². The Balaban J connectivity index is 2.77. The molecular formula is C12H15BrN2O4. The van der Waals surface area contributed by atoms with Crippen LogP contribution in [0.5, 0.6) is 11.5 Å². The van der Waals surface area contributed by atoms with Gasteiger partial charge in [0.2, 0.25) is 0 Å². The van der Waals surface area contributed by atoms with Crippen molar-refractivity contribution in [1.29, 1.82) is 0 Å². The Hall–Kier alpha value is -1.76. The number of hydrazone groups is 1. The van der Waals surface area contributed by atoms with Gasteiger partial charge in [0.25, 0.3) is 0 Å². The second-order valence-corrected chi connectivity index (χ2v) is 4.35. The Bertz CT molecular complexity index is 477. The third-order valence-electron chi connectivity index (χ3n) is 2.14. The summed E-state index contributed by atoms with van der Waals surface area (Å²) in [5.41, 5.74) is 0.770. The quantitative estimate of drug-likeness (QED) is 0.282. The van der Waals surface area contributed by atoms with Crippen LogP contribution in [0, 0.1) is 0 Å². The molecule has 19 heavy (non-hydrogen) atoms. The molecule has 0 amide bonds. The molecule has 0 heterocycles. The monoisotopic (exact) mass is 330 g/mol. The summed E-state index contributed by atoms with van der Waals surface area (Å²) < 4.78 is 16.2. The third-order valence-corrected chi connectivity index (χ3v) is 2.83. The van der Waals surface area contributed by atoms with Gasteiger partial charge in [-0.05, 0) is 28.1 Å². The van der Waals surface area contributed by atoms with Crippen molar-refractivity contribution in [2.75, 3.05) is 20.3 Å². The predicted octanol–water partition coefficient (Wildman–Crippen LogP) is 1.69. The lowest BCUT2D eigenvalue weighted by molar-refractivity contribution is -0.141. The van der Waals surface area contributed by atoms with E-state index in [2.05, 4.69) is 21.0 Å². The molecule has 0 saturated carbocycles. The second-order valence-electron chi connectivity index (χ2n) is 3.49. The molecule has 2 N–H and O–H groups in total. The van der Waals surface area contributed by atoms with Crippen molar-refractivity contribution >= 4 is 28.1 Å². The van der Waals surface area contributed by atoms with Gasteiger partial charge in [-0.15, -0.1) is 0 Å². The van der Waals surface area contributed by atoms with Gasteiger partial charge in [-0.2, -0.15) is 5.10 Å². The Labute approximate surface area is 119 Å². The predicted molar refractivity (Wildman–Crippen MR) is 74.6 cm³/mol. The highest BCUT2D eigenvalue weighted by Gasteiger charge is 2.09. The van der Waals surface area contributed by atoms with Crippen LogP contribution in [0.1, 0.15) is 12.5 Å². The summed E-state index contributed by atoms with van der Waals surface area (Å²) in [4.78, 5) is 10.6. The zero-order valence-electron chi connectivity index (χ0n) is 10.7. The molecule has 0 aliphatic rings. The van der Waals surface area contributed by atoms with Crippen molar-refractivity contribution in [2.45, 2.75) is 6.92 Å². The number of halogens is 1. The minimum absolute atomic E-state index is 0.183. The number of hydrogen-bond donors (Lipinski definition) is 1. The average molecular weight is 331 g/mol. The molecule has 0 radical (unpaired) electrons. The number of benzene rings is 1. The van der Waals surface area contributed by atoms with Crippen molar-refractivity contribution in [2.24, 2.45) is 10.9 Å². The molecule has 1 aromatic rings. The number of carbonyl (C=O) groups is 1. The third kappa shape index (κ3) is 4.78. The summed E-state index contributed by atoms with van der Waals surface area (Å²) in [6.45, 7) is 1.77. The number of carbonyl (C=O) groups excluding carboxylic acids is 1. The fraction of sp³-hybridized carbons (Fsp3) is 0.333. The van der Waals surface area contributed by atoms with Gasteiger partial charge in [0, 0.05) is 17.0 Å². The van der Waals surface area contributed by atoms with E-state index in [1.54, 1.807) is 12.1 Å². The summed E-state index contributed by atoms with van der Waals surface area (Å²) >= 11 is 3.38. The summed E-state index contributed by atoms with van der Waals surface area (Å²) in [6.07, 6.45) is 1.50. The van der Waals surface area contributed by atoms with E-state index in [-0.39, 0.29) is 19.2 Å². The van der Waals surface area contributed by atoms with Crippen LogP contribution in [0.3, 0.4) is 0 Å². The van der Waals surface area contributed by atoms with Crippen molar-refractivity contribution in [3.63, 3.8) is 0 Å². The van der Waals surface area contributed by atoms with Gasteiger partial charge in [0.1, 0.15) is 13.2 Å². The van der Waals surface area contributed by atoms with Crippen LogP contribution < -0.4 is 15.3 Å². The van der Waals surface area contributed by atoms with Crippen LogP contribution in [0.15, 0.2) is 21.7 Å². The van der Waals surface area contributed by atoms with Gasteiger partial charge in [-0.25, -0.2) is 0 Å². The molecule has 0 spiro atoms. The first-order chi connectivity index (χ1) is 9.08. The van der Waals surface area contributed by atoms with Crippen molar-refractivity contribution in [3.8, 4) is 11.5 Å². The Morgan fingerprint density at radius 2 is 2.16 bits per heavy atom. The largest absolute Gasteiger partial charge is 0.493 e. The van der Waals surface area contributed by atoms with Crippen LogP contribution in [-0.4, -0.2) is 32.5 Å². The lowest BCUT2D eigenvalue weighted by atomic mass is 10.2. The van der Waals surface area contributed by atoms with Crippen molar-refractivity contribution < 1.29 is 19.0 Å².